The molecule has 3 heteroatoms. The predicted molar refractivity (Wildman–Crippen MR) is 44.9 cm³/mol. The van der Waals surface area contributed by atoms with Crippen LogP contribution in [0.2, 0.25) is 0 Å². The first kappa shape index (κ1) is 7.86. The molecule has 1 fully saturated rings. The Balaban J connectivity index is 0.000000500. The lowest BCUT2D eigenvalue weighted by Gasteiger charge is -2.22. The third-order valence-electron chi connectivity index (χ3n) is 2.28. The maximum Gasteiger partial charge on any atom is 0.0831 e. The van der Waals surface area contributed by atoms with Crippen LogP contribution in [0.15, 0.2) is 4.99 Å². The van der Waals surface area contributed by atoms with E-state index in [1.165, 1.54) is 25.7 Å². The first-order valence-corrected chi connectivity index (χ1v) is 3.74. The molecule has 0 aromatic carbocycles. The van der Waals surface area contributed by atoms with E-state index in [1.807, 2.05) is 6.34 Å². The topological polar surface area (TPSA) is 24.4 Å². The number of hydrogen-bond donors (Lipinski definition) is 1. The van der Waals surface area contributed by atoms with E-state index in [1.54, 1.807) is 0 Å². The molecule has 0 amide bonds. The molecule has 2 nitrogen and oxygen atoms in total. The van der Waals surface area contributed by atoms with Crippen LogP contribution in [0.4, 0.5) is 0 Å². The van der Waals surface area contributed by atoms with Crippen molar-refractivity contribution in [2.24, 2.45) is 4.99 Å². The lowest BCUT2D eigenvalue weighted by atomic mass is 9.92. The molecular formula is C7H13ClN2. The molecule has 0 aromatic rings. The fraction of sp³-hybridized carbons (Fsp3) is 0.857. The minimum Gasteiger partial charge on any atom is -0.372 e. The summed E-state index contributed by atoms with van der Waals surface area (Å²) in [6.45, 7) is 0. The Morgan fingerprint density at radius 2 is 2.10 bits per heavy atom. The second-order valence-electron chi connectivity index (χ2n) is 2.90. The molecule has 1 heterocycles. The van der Waals surface area contributed by atoms with Crippen molar-refractivity contribution < 1.29 is 0 Å². The molecule has 0 bridgehead atoms. The molecule has 0 unspecified atom stereocenters. The van der Waals surface area contributed by atoms with Crippen molar-refractivity contribution in [1.82, 2.24) is 5.32 Å². The Labute approximate surface area is 67.5 Å². The summed E-state index contributed by atoms with van der Waals surface area (Å²) < 4.78 is 0. The highest BCUT2D eigenvalue weighted by atomic mass is 35.5. The van der Waals surface area contributed by atoms with Gasteiger partial charge in [-0.3, -0.25) is 4.99 Å². The normalized spacial score (nSPS) is 36.0. The van der Waals surface area contributed by atoms with Gasteiger partial charge in [-0.1, -0.05) is 12.8 Å². The number of halogens is 1. The van der Waals surface area contributed by atoms with Crippen LogP contribution in [0.1, 0.15) is 25.7 Å². The molecule has 58 valence electrons. The van der Waals surface area contributed by atoms with Crippen molar-refractivity contribution in [1.29, 1.82) is 0 Å². The van der Waals surface area contributed by atoms with Crippen LogP contribution in [-0.2, 0) is 0 Å². The van der Waals surface area contributed by atoms with E-state index in [2.05, 4.69) is 10.3 Å². The Bertz CT molecular complexity index is 136. The van der Waals surface area contributed by atoms with Gasteiger partial charge in [0.2, 0.25) is 0 Å². The molecule has 2 rings (SSSR count). The fourth-order valence-corrected chi connectivity index (χ4v) is 1.72. The van der Waals surface area contributed by atoms with E-state index in [-0.39, 0.29) is 12.4 Å². The average molecular weight is 161 g/mol. The summed E-state index contributed by atoms with van der Waals surface area (Å²) in [5.41, 5.74) is 0. The van der Waals surface area contributed by atoms with Gasteiger partial charge in [0.1, 0.15) is 0 Å². The molecule has 1 N–H and O–H groups in total. The highest BCUT2D eigenvalue weighted by Gasteiger charge is 2.25. The largest absolute Gasteiger partial charge is 0.372 e. The first-order chi connectivity index (χ1) is 4.47. The number of rotatable bonds is 0. The van der Waals surface area contributed by atoms with Gasteiger partial charge in [-0.25, -0.2) is 0 Å². The summed E-state index contributed by atoms with van der Waals surface area (Å²) in [4.78, 5) is 4.32. The SMILES string of the molecule is C1=N[C@@H]2CCCC[C@H]2N1.Cl. The van der Waals surface area contributed by atoms with Crippen LogP contribution in [0.3, 0.4) is 0 Å². The van der Waals surface area contributed by atoms with Crippen molar-refractivity contribution >= 4 is 18.7 Å². The summed E-state index contributed by atoms with van der Waals surface area (Å²) in [6, 6.07) is 1.32. The zero-order valence-electron chi connectivity index (χ0n) is 5.92. The van der Waals surface area contributed by atoms with Gasteiger partial charge in [0.15, 0.2) is 0 Å². The molecule has 10 heavy (non-hydrogen) atoms. The van der Waals surface area contributed by atoms with Gasteiger partial charge in [-0.2, -0.15) is 0 Å². The number of hydrogen-bond acceptors (Lipinski definition) is 2. The number of nitrogens with zero attached hydrogens (tertiary/aromatic N) is 1. The highest BCUT2D eigenvalue weighted by Crippen LogP contribution is 2.22. The highest BCUT2D eigenvalue weighted by molar-refractivity contribution is 5.85. The molecule has 0 aromatic heterocycles. The van der Waals surface area contributed by atoms with Gasteiger partial charge in [-0.15, -0.1) is 12.4 Å². The minimum absolute atomic E-state index is 0. The molecule has 2 atom stereocenters. The Hall–Kier alpha value is -0.240. The monoisotopic (exact) mass is 160 g/mol. The molecule has 0 radical (unpaired) electrons. The molecule has 0 saturated heterocycles. The maximum absolute atomic E-state index is 4.32. The number of fused-ring (bicyclic) bond motifs is 1. The summed E-state index contributed by atoms with van der Waals surface area (Å²) in [7, 11) is 0. The Morgan fingerprint density at radius 1 is 1.30 bits per heavy atom. The molecule has 1 aliphatic heterocycles. The smallest absolute Gasteiger partial charge is 0.0831 e. The van der Waals surface area contributed by atoms with Crippen molar-refractivity contribution in [2.75, 3.05) is 0 Å². The zero-order chi connectivity index (χ0) is 6.10. The van der Waals surface area contributed by atoms with Gasteiger partial charge in [0.05, 0.1) is 12.4 Å². The summed E-state index contributed by atoms with van der Waals surface area (Å²) in [5, 5.41) is 3.27. The van der Waals surface area contributed by atoms with E-state index in [9.17, 15) is 0 Å². The van der Waals surface area contributed by atoms with E-state index in [4.69, 9.17) is 0 Å². The summed E-state index contributed by atoms with van der Waals surface area (Å²) in [6.07, 6.45) is 7.26. The summed E-state index contributed by atoms with van der Waals surface area (Å²) in [5.74, 6) is 0. The third kappa shape index (κ3) is 1.26. The van der Waals surface area contributed by atoms with Gasteiger partial charge >= 0.3 is 0 Å². The Morgan fingerprint density at radius 3 is 2.90 bits per heavy atom. The molecule has 1 saturated carbocycles. The molecular weight excluding hydrogens is 148 g/mol. The van der Waals surface area contributed by atoms with Crippen molar-refractivity contribution in [3.8, 4) is 0 Å². The Kier molecular flexibility index (Phi) is 2.55. The molecule has 0 spiro atoms. The van der Waals surface area contributed by atoms with Crippen molar-refractivity contribution in [3.63, 3.8) is 0 Å². The number of nitrogens with one attached hydrogen (secondary N) is 1. The molecule has 2 aliphatic rings. The van der Waals surface area contributed by atoms with Crippen LogP contribution in [0, 0.1) is 0 Å². The lowest BCUT2D eigenvalue weighted by molar-refractivity contribution is 0.385. The molecule has 1 aliphatic carbocycles. The van der Waals surface area contributed by atoms with Crippen LogP contribution < -0.4 is 5.32 Å². The van der Waals surface area contributed by atoms with E-state index in [0.717, 1.165) is 0 Å². The predicted octanol–water partition coefficient (Wildman–Crippen LogP) is 1.35. The third-order valence-corrected chi connectivity index (χ3v) is 2.28. The minimum atomic E-state index is 0. The second kappa shape index (κ2) is 3.24. The van der Waals surface area contributed by atoms with Crippen LogP contribution in [0.5, 0.6) is 0 Å². The van der Waals surface area contributed by atoms with Gasteiger partial charge < -0.3 is 5.32 Å². The van der Waals surface area contributed by atoms with Gasteiger partial charge in [0, 0.05) is 6.04 Å². The average Bonchev–Trinajstić information content (AvgIpc) is 2.33. The van der Waals surface area contributed by atoms with E-state index < -0.39 is 0 Å². The standard InChI is InChI=1S/C7H12N2.ClH/c1-2-4-7-6(3-1)8-5-9-7;/h5-7H,1-4H2,(H,8,9);1H/t6-,7-;/m1./s1. The lowest BCUT2D eigenvalue weighted by Crippen LogP contribution is -2.34. The van der Waals surface area contributed by atoms with Crippen molar-refractivity contribution in [3.05, 3.63) is 0 Å². The van der Waals surface area contributed by atoms with Gasteiger partial charge in [0.25, 0.3) is 0 Å². The second-order valence-corrected chi connectivity index (χ2v) is 2.90. The zero-order valence-corrected chi connectivity index (χ0v) is 6.73. The maximum atomic E-state index is 4.32. The van der Waals surface area contributed by atoms with E-state index in [0.29, 0.717) is 12.1 Å². The first-order valence-electron chi connectivity index (χ1n) is 3.74. The van der Waals surface area contributed by atoms with Crippen LogP contribution in [0.25, 0.3) is 0 Å². The van der Waals surface area contributed by atoms with Gasteiger partial charge in [-0.05, 0) is 12.8 Å². The number of aliphatic imine (C=N–C) groups is 1. The summed E-state index contributed by atoms with van der Waals surface area (Å²) >= 11 is 0. The van der Waals surface area contributed by atoms with Crippen LogP contribution >= 0.6 is 12.4 Å². The van der Waals surface area contributed by atoms with E-state index >= 15 is 0 Å². The van der Waals surface area contributed by atoms with Crippen LogP contribution in [-0.4, -0.2) is 18.4 Å². The fourth-order valence-electron chi connectivity index (χ4n) is 1.72. The van der Waals surface area contributed by atoms with Crippen molar-refractivity contribution in [2.45, 2.75) is 37.8 Å². The quantitative estimate of drug-likeness (QED) is 0.569.